The molecule has 2 aromatic rings. The molecular weight excluding hydrogens is 336 g/mol. The Labute approximate surface area is 129 Å². The van der Waals surface area contributed by atoms with E-state index in [-0.39, 0.29) is 12.5 Å². The van der Waals surface area contributed by atoms with Crippen LogP contribution in [0.4, 0.5) is 0 Å². The fraction of sp³-hybridized carbons (Fsp3) is 0.0714. The van der Waals surface area contributed by atoms with Crippen LogP contribution in [0, 0.1) is 0 Å². The summed E-state index contributed by atoms with van der Waals surface area (Å²) in [4.78, 5) is 26.2. The van der Waals surface area contributed by atoms with Crippen molar-refractivity contribution in [1.29, 1.82) is 0 Å². The minimum Gasteiger partial charge on any atom is -0.360 e. The maximum Gasteiger partial charge on any atom is 0.259 e. The van der Waals surface area contributed by atoms with Gasteiger partial charge in [-0.05, 0) is 30.3 Å². The van der Waals surface area contributed by atoms with Gasteiger partial charge in [-0.1, -0.05) is 22.0 Å². The van der Waals surface area contributed by atoms with E-state index < -0.39 is 5.91 Å². The lowest BCUT2D eigenvalue weighted by Crippen LogP contribution is -2.34. The Kier molecular flexibility index (Phi) is 5.28. The molecule has 3 N–H and O–H groups in total. The molecule has 6 nitrogen and oxygen atoms in total. The number of nitrogens with one attached hydrogen (secondary N) is 3. The van der Waals surface area contributed by atoms with Gasteiger partial charge in [0.05, 0.1) is 18.5 Å². The third kappa shape index (κ3) is 4.88. The molecule has 108 valence electrons. The van der Waals surface area contributed by atoms with E-state index in [4.69, 9.17) is 0 Å². The number of H-pyrrole nitrogens is 1. The summed E-state index contributed by atoms with van der Waals surface area (Å²) < 4.78 is 0.801. The van der Waals surface area contributed by atoms with Crippen molar-refractivity contribution in [2.45, 2.75) is 0 Å². The minimum absolute atomic E-state index is 0.145. The molecule has 1 heterocycles. The van der Waals surface area contributed by atoms with Crippen LogP contribution in [0.5, 0.6) is 0 Å². The number of carbonyl (C=O) groups is 2. The fourth-order valence-electron chi connectivity index (χ4n) is 1.53. The zero-order chi connectivity index (χ0) is 15.1. The van der Waals surface area contributed by atoms with Gasteiger partial charge in [-0.3, -0.25) is 9.59 Å². The second-order valence-electron chi connectivity index (χ2n) is 4.11. The average Bonchev–Trinajstić information content (AvgIpc) is 2.98. The molecule has 2 amide bonds. The Balaban J connectivity index is 1.77. The molecule has 0 spiro atoms. The third-order valence-electron chi connectivity index (χ3n) is 2.51. The number of benzene rings is 1. The summed E-state index contributed by atoms with van der Waals surface area (Å²) in [5.74, 6) is -0.721. The van der Waals surface area contributed by atoms with Gasteiger partial charge < -0.3 is 10.3 Å². The Morgan fingerprint density at radius 3 is 2.86 bits per heavy atom. The highest BCUT2D eigenvalue weighted by molar-refractivity contribution is 9.10. The van der Waals surface area contributed by atoms with Crippen molar-refractivity contribution in [3.63, 3.8) is 0 Å². The lowest BCUT2D eigenvalue weighted by atomic mass is 10.2. The van der Waals surface area contributed by atoms with Gasteiger partial charge in [0.25, 0.3) is 11.8 Å². The molecule has 21 heavy (non-hydrogen) atoms. The molecule has 0 saturated carbocycles. The van der Waals surface area contributed by atoms with Crippen LogP contribution in [0.15, 0.2) is 52.2 Å². The number of nitrogens with zero attached hydrogens (tertiary/aromatic N) is 1. The first kappa shape index (κ1) is 15.0. The molecule has 0 bridgehead atoms. The molecule has 0 radical (unpaired) electrons. The number of rotatable bonds is 5. The van der Waals surface area contributed by atoms with Crippen molar-refractivity contribution in [3.8, 4) is 0 Å². The number of carbonyl (C=O) groups excluding carboxylic acids is 2. The van der Waals surface area contributed by atoms with Crippen molar-refractivity contribution < 1.29 is 9.59 Å². The van der Waals surface area contributed by atoms with Crippen molar-refractivity contribution in [3.05, 3.63) is 58.3 Å². The first-order valence-electron chi connectivity index (χ1n) is 6.14. The van der Waals surface area contributed by atoms with Crippen LogP contribution in [-0.2, 0) is 4.79 Å². The lowest BCUT2D eigenvalue weighted by molar-refractivity contribution is -0.120. The number of hydrogen-bond acceptors (Lipinski definition) is 3. The fourth-order valence-corrected chi connectivity index (χ4v) is 1.93. The molecule has 1 aromatic heterocycles. The Morgan fingerprint density at radius 2 is 2.14 bits per heavy atom. The predicted molar refractivity (Wildman–Crippen MR) is 83.0 cm³/mol. The summed E-state index contributed by atoms with van der Waals surface area (Å²) in [7, 11) is 0. The lowest BCUT2D eigenvalue weighted by Gasteiger charge is -2.04. The third-order valence-corrected chi connectivity index (χ3v) is 3.00. The van der Waals surface area contributed by atoms with Gasteiger partial charge in [0, 0.05) is 16.2 Å². The largest absolute Gasteiger partial charge is 0.360 e. The van der Waals surface area contributed by atoms with Gasteiger partial charge in [-0.25, -0.2) is 5.43 Å². The van der Waals surface area contributed by atoms with E-state index in [0.717, 1.165) is 10.2 Å². The van der Waals surface area contributed by atoms with E-state index in [2.05, 4.69) is 36.8 Å². The Morgan fingerprint density at radius 1 is 1.29 bits per heavy atom. The Hall–Kier alpha value is -2.41. The molecule has 1 aromatic carbocycles. The molecule has 2 rings (SSSR count). The summed E-state index contributed by atoms with van der Waals surface area (Å²) in [6, 6.07) is 10.5. The van der Waals surface area contributed by atoms with Crippen molar-refractivity contribution >= 4 is 34.0 Å². The monoisotopic (exact) mass is 348 g/mol. The van der Waals surface area contributed by atoms with Crippen molar-refractivity contribution in [2.24, 2.45) is 5.10 Å². The normalized spacial score (nSPS) is 10.5. The number of aromatic nitrogens is 1. The summed E-state index contributed by atoms with van der Waals surface area (Å²) in [5.41, 5.74) is 3.58. The van der Waals surface area contributed by atoms with Crippen LogP contribution in [-0.4, -0.2) is 29.6 Å². The van der Waals surface area contributed by atoms with Crippen LogP contribution >= 0.6 is 15.9 Å². The van der Waals surface area contributed by atoms with E-state index >= 15 is 0 Å². The number of hydrogen-bond donors (Lipinski definition) is 3. The first-order chi connectivity index (χ1) is 10.1. The SMILES string of the molecule is O=C(CNC(=O)c1cccc(Br)c1)N/N=C/c1ccc[nH]1. The van der Waals surface area contributed by atoms with Crippen LogP contribution in [0.1, 0.15) is 16.1 Å². The van der Waals surface area contributed by atoms with E-state index in [9.17, 15) is 9.59 Å². The highest BCUT2D eigenvalue weighted by Crippen LogP contribution is 2.11. The topological polar surface area (TPSA) is 86.3 Å². The zero-order valence-corrected chi connectivity index (χ0v) is 12.6. The zero-order valence-electron chi connectivity index (χ0n) is 11.0. The van der Waals surface area contributed by atoms with Crippen molar-refractivity contribution in [2.75, 3.05) is 6.54 Å². The van der Waals surface area contributed by atoms with Crippen LogP contribution in [0.3, 0.4) is 0 Å². The van der Waals surface area contributed by atoms with E-state index in [1.54, 1.807) is 24.4 Å². The van der Waals surface area contributed by atoms with Crippen LogP contribution in [0.2, 0.25) is 0 Å². The van der Waals surface area contributed by atoms with E-state index in [1.165, 1.54) is 6.21 Å². The summed E-state index contributed by atoms with van der Waals surface area (Å²) >= 11 is 3.28. The molecule has 0 aliphatic rings. The maximum absolute atomic E-state index is 11.8. The molecular formula is C14H13BrN4O2. The molecule has 0 unspecified atom stereocenters. The van der Waals surface area contributed by atoms with Crippen molar-refractivity contribution in [1.82, 2.24) is 15.7 Å². The molecule has 7 heteroatoms. The highest BCUT2D eigenvalue weighted by atomic mass is 79.9. The first-order valence-corrected chi connectivity index (χ1v) is 6.93. The predicted octanol–water partition coefficient (Wildman–Crippen LogP) is 1.66. The molecule has 0 fully saturated rings. The smallest absolute Gasteiger partial charge is 0.259 e. The average molecular weight is 349 g/mol. The van der Waals surface area contributed by atoms with Gasteiger partial charge in [0.1, 0.15) is 0 Å². The molecule has 0 atom stereocenters. The van der Waals surface area contributed by atoms with E-state index in [1.807, 2.05) is 18.2 Å². The number of amides is 2. The Bertz CT molecular complexity index is 653. The van der Waals surface area contributed by atoms with Crippen LogP contribution in [0.25, 0.3) is 0 Å². The highest BCUT2D eigenvalue weighted by Gasteiger charge is 2.07. The van der Waals surface area contributed by atoms with Gasteiger partial charge in [-0.15, -0.1) is 0 Å². The molecule has 0 saturated heterocycles. The summed E-state index contributed by atoms with van der Waals surface area (Å²) in [6.45, 7) is -0.145. The molecule has 0 aliphatic heterocycles. The standard InChI is InChI=1S/C14H13BrN4O2/c15-11-4-1-3-10(7-11)14(21)17-9-13(20)19-18-8-12-5-2-6-16-12/h1-8,16H,9H2,(H,17,21)(H,19,20)/b18-8+. The number of aromatic amines is 1. The van der Waals surface area contributed by atoms with E-state index in [0.29, 0.717) is 5.56 Å². The summed E-state index contributed by atoms with van der Waals surface area (Å²) in [5, 5.41) is 6.28. The second-order valence-corrected chi connectivity index (χ2v) is 5.03. The summed E-state index contributed by atoms with van der Waals surface area (Å²) in [6.07, 6.45) is 3.23. The van der Waals surface area contributed by atoms with Gasteiger partial charge in [0.2, 0.25) is 0 Å². The van der Waals surface area contributed by atoms with Gasteiger partial charge in [-0.2, -0.15) is 5.10 Å². The van der Waals surface area contributed by atoms with Gasteiger partial charge >= 0.3 is 0 Å². The quantitative estimate of drug-likeness (QED) is 0.566. The number of halogens is 1. The van der Waals surface area contributed by atoms with Gasteiger partial charge in [0.15, 0.2) is 0 Å². The minimum atomic E-state index is -0.402. The second kappa shape index (κ2) is 7.39. The molecule has 0 aliphatic carbocycles. The maximum atomic E-state index is 11.8. The number of hydrazone groups is 1. The van der Waals surface area contributed by atoms with Crippen LogP contribution < -0.4 is 10.7 Å².